The first kappa shape index (κ1) is 18.0. The van der Waals surface area contributed by atoms with Gasteiger partial charge >= 0.3 is 0 Å². The first-order valence-corrected chi connectivity index (χ1v) is 6.84. The number of carbonyl (C=O) groups excluding carboxylic acids is 2. The second-order valence-corrected chi connectivity index (χ2v) is 4.52. The summed E-state index contributed by atoms with van der Waals surface area (Å²) in [6.07, 6.45) is 0. The quantitative estimate of drug-likeness (QED) is 0.305. The van der Waals surface area contributed by atoms with Crippen LogP contribution >= 0.6 is 11.3 Å². The highest BCUT2D eigenvalue weighted by Gasteiger charge is 2.15. The number of aromatic nitrogens is 1. The van der Waals surface area contributed by atoms with Gasteiger partial charge < -0.3 is 20.3 Å². The van der Waals surface area contributed by atoms with Crippen LogP contribution in [0.15, 0.2) is 5.38 Å². The lowest BCUT2D eigenvalue weighted by atomic mass is 10.4. The topological polar surface area (TPSA) is 176 Å². The lowest BCUT2D eigenvalue weighted by Gasteiger charge is -2.02. The number of nitrogens with one attached hydrogen (secondary N) is 2. The zero-order chi connectivity index (χ0) is 17.2. The smallest absolute Gasteiger partial charge is 0.294 e. The van der Waals surface area contributed by atoms with Crippen LogP contribution in [0.1, 0.15) is 20.3 Å². The zero-order valence-corrected chi connectivity index (χ0v) is 12.2. The van der Waals surface area contributed by atoms with Crippen molar-refractivity contribution in [1.82, 2.24) is 15.6 Å². The Morgan fingerprint density at radius 1 is 1.09 bits per heavy atom. The Kier molecular flexibility index (Phi) is 7.12. The van der Waals surface area contributed by atoms with Crippen LogP contribution in [0.5, 0.6) is 0 Å². The summed E-state index contributed by atoms with van der Waals surface area (Å²) in [4.78, 5) is 54.9. The van der Waals surface area contributed by atoms with Crippen LogP contribution < -0.4 is 10.6 Å². The predicted octanol–water partition coefficient (Wildman–Crippen LogP) is -0.981. The molecule has 1 heterocycles. The van der Waals surface area contributed by atoms with E-state index in [4.69, 9.17) is 0 Å². The van der Waals surface area contributed by atoms with Gasteiger partial charge in [0, 0.05) is 18.5 Å². The monoisotopic (exact) mass is 349 g/mol. The SMILES string of the molecule is O=C(NCCO[N+](=O)[O-])c1csc(C(=O)NCCO[N+](=O)[O-])n1. The molecule has 0 unspecified atom stereocenters. The number of rotatable bonds is 10. The molecule has 0 aliphatic rings. The molecule has 23 heavy (non-hydrogen) atoms. The molecule has 1 rings (SSSR count). The minimum Gasteiger partial charge on any atom is -0.349 e. The summed E-state index contributed by atoms with van der Waals surface area (Å²) in [6, 6.07) is 0. The van der Waals surface area contributed by atoms with E-state index in [9.17, 15) is 29.8 Å². The molecule has 0 aromatic carbocycles. The van der Waals surface area contributed by atoms with E-state index < -0.39 is 22.0 Å². The second-order valence-electron chi connectivity index (χ2n) is 3.66. The Labute approximate surface area is 131 Å². The van der Waals surface area contributed by atoms with Crippen LogP contribution in [-0.2, 0) is 9.68 Å². The molecule has 0 spiro atoms. The van der Waals surface area contributed by atoms with Gasteiger partial charge in [-0.25, -0.2) is 4.98 Å². The molecule has 1 aromatic heterocycles. The van der Waals surface area contributed by atoms with Crippen LogP contribution in [-0.4, -0.2) is 53.3 Å². The summed E-state index contributed by atoms with van der Waals surface area (Å²) in [5.41, 5.74) is -0.0391. The fraction of sp³-hybridized carbons (Fsp3) is 0.444. The number of amides is 2. The predicted molar refractivity (Wildman–Crippen MR) is 72.7 cm³/mol. The molecule has 0 bridgehead atoms. The molecule has 0 aliphatic heterocycles. The van der Waals surface area contributed by atoms with E-state index in [1.807, 2.05) is 0 Å². The van der Waals surface area contributed by atoms with Crippen molar-refractivity contribution in [2.45, 2.75) is 0 Å². The van der Waals surface area contributed by atoms with Crippen molar-refractivity contribution < 1.29 is 29.4 Å². The van der Waals surface area contributed by atoms with Gasteiger partial charge in [0.25, 0.3) is 22.0 Å². The van der Waals surface area contributed by atoms with Gasteiger partial charge in [0.05, 0.1) is 0 Å². The molecule has 0 fully saturated rings. The molecule has 0 saturated carbocycles. The van der Waals surface area contributed by atoms with Gasteiger partial charge in [-0.15, -0.1) is 31.6 Å². The average Bonchev–Trinajstić information content (AvgIpc) is 2.97. The van der Waals surface area contributed by atoms with Gasteiger partial charge in [-0.3, -0.25) is 9.59 Å². The van der Waals surface area contributed by atoms with Gasteiger partial charge in [0.2, 0.25) is 0 Å². The highest BCUT2D eigenvalue weighted by Crippen LogP contribution is 2.09. The minimum absolute atomic E-state index is 0.0159. The Morgan fingerprint density at radius 3 is 2.13 bits per heavy atom. The minimum atomic E-state index is -0.986. The van der Waals surface area contributed by atoms with Crippen molar-refractivity contribution in [1.29, 1.82) is 0 Å². The summed E-state index contributed by atoms with van der Waals surface area (Å²) in [5.74, 6) is -1.23. The number of thiazole rings is 1. The molecule has 126 valence electrons. The van der Waals surface area contributed by atoms with E-state index in [0.29, 0.717) is 0 Å². The molecule has 14 heteroatoms. The Morgan fingerprint density at radius 2 is 1.61 bits per heavy atom. The Balaban J connectivity index is 2.37. The van der Waals surface area contributed by atoms with Crippen molar-refractivity contribution in [3.63, 3.8) is 0 Å². The van der Waals surface area contributed by atoms with Crippen LogP contribution in [0, 0.1) is 20.2 Å². The van der Waals surface area contributed by atoms with Crippen molar-refractivity contribution in [2.75, 3.05) is 26.3 Å². The molecule has 2 amide bonds. The first-order chi connectivity index (χ1) is 10.9. The molecule has 0 atom stereocenters. The molecule has 0 radical (unpaired) electrons. The van der Waals surface area contributed by atoms with Gasteiger partial charge in [-0.2, -0.15) is 0 Å². The third-order valence-electron chi connectivity index (χ3n) is 2.10. The average molecular weight is 349 g/mol. The Bertz CT molecular complexity index is 542. The van der Waals surface area contributed by atoms with Gasteiger partial charge in [0.15, 0.2) is 5.01 Å². The maximum Gasteiger partial charge on any atom is 0.294 e. The molecule has 0 aliphatic carbocycles. The zero-order valence-electron chi connectivity index (χ0n) is 11.4. The normalized spacial score (nSPS) is 9.74. The fourth-order valence-electron chi connectivity index (χ4n) is 1.22. The van der Waals surface area contributed by atoms with Crippen molar-refractivity contribution in [3.8, 4) is 0 Å². The van der Waals surface area contributed by atoms with Gasteiger partial charge in [0.1, 0.15) is 18.9 Å². The van der Waals surface area contributed by atoms with E-state index in [2.05, 4.69) is 25.3 Å². The number of carbonyl (C=O) groups is 2. The van der Waals surface area contributed by atoms with Crippen molar-refractivity contribution in [2.24, 2.45) is 0 Å². The van der Waals surface area contributed by atoms with Gasteiger partial charge in [-0.1, -0.05) is 0 Å². The van der Waals surface area contributed by atoms with Crippen molar-refractivity contribution >= 4 is 23.2 Å². The van der Waals surface area contributed by atoms with Crippen molar-refractivity contribution in [3.05, 3.63) is 36.3 Å². The third-order valence-corrected chi connectivity index (χ3v) is 2.94. The summed E-state index contributed by atoms with van der Waals surface area (Å²) < 4.78 is 0. The maximum absolute atomic E-state index is 11.6. The highest BCUT2D eigenvalue weighted by atomic mass is 32.1. The summed E-state index contributed by atoms with van der Waals surface area (Å²) in [7, 11) is 0. The van der Waals surface area contributed by atoms with E-state index >= 15 is 0 Å². The summed E-state index contributed by atoms with van der Waals surface area (Å²) in [6.45, 7) is -0.823. The Hall–Kier alpha value is -3.03. The van der Waals surface area contributed by atoms with E-state index in [-0.39, 0.29) is 37.0 Å². The van der Waals surface area contributed by atoms with Crippen LogP contribution in [0.25, 0.3) is 0 Å². The summed E-state index contributed by atoms with van der Waals surface area (Å²) in [5, 5.41) is 23.8. The van der Waals surface area contributed by atoms with E-state index in [1.54, 1.807) is 0 Å². The molecular weight excluding hydrogens is 338 g/mol. The molecule has 0 saturated heterocycles. The van der Waals surface area contributed by atoms with Crippen LogP contribution in [0.2, 0.25) is 0 Å². The maximum atomic E-state index is 11.6. The fourth-order valence-corrected chi connectivity index (χ4v) is 1.93. The largest absolute Gasteiger partial charge is 0.349 e. The standard InChI is InChI=1S/C9H11N5O8S/c15-7(10-1-3-21-13(17)18)6-5-23-9(12-6)8(16)11-2-4-22-14(19)20/h5H,1-4H2,(H,10,15)(H,11,16). The molecule has 13 nitrogen and oxygen atoms in total. The molecule has 2 N–H and O–H groups in total. The number of hydrogen-bond acceptors (Lipinski definition) is 10. The van der Waals surface area contributed by atoms with Crippen LogP contribution in [0.4, 0.5) is 0 Å². The van der Waals surface area contributed by atoms with E-state index in [0.717, 1.165) is 11.3 Å². The third kappa shape index (κ3) is 6.98. The summed E-state index contributed by atoms with van der Waals surface area (Å²) >= 11 is 0.896. The lowest BCUT2D eigenvalue weighted by molar-refractivity contribution is -0.757. The second kappa shape index (κ2) is 9.08. The molecule has 1 aromatic rings. The first-order valence-electron chi connectivity index (χ1n) is 5.96. The van der Waals surface area contributed by atoms with E-state index in [1.165, 1.54) is 5.38 Å². The van der Waals surface area contributed by atoms with Crippen LogP contribution in [0.3, 0.4) is 0 Å². The number of nitrogens with zero attached hydrogens (tertiary/aromatic N) is 3. The highest BCUT2D eigenvalue weighted by molar-refractivity contribution is 7.11. The van der Waals surface area contributed by atoms with Gasteiger partial charge in [-0.05, 0) is 0 Å². The number of hydrogen-bond donors (Lipinski definition) is 2. The lowest BCUT2D eigenvalue weighted by Crippen LogP contribution is -2.29. The molecular formula is C9H11N5O8S.